The SMILES string of the molecule is CCC(=O)N[C@@H](C(=O)N1CCN(C)CC1)[C@@H](C)c1ccc(C#N)cc1.CCC(=O)N[C@@H](C(=O)N1CCN(C)CC1)[C@@H](C)c1ccc(CN)cc1. The summed E-state index contributed by atoms with van der Waals surface area (Å²) in [6, 6.07) is 16.1. The van der Waals surface area contributed by atoms with Gasteiger partial charge in [0.25, 0.3) is 0 Å². The molecule has 2 heterocycles. The molecule has 2 aromatic carbocycles. The van der Waals surface area contributed by atoms with E-state index in [1.54, 1.807) is 26.0 Å². The van der Waals surface area contributed by atoms with Crippen molar-refractivity contribution in [2.45, 2.75) is 71.0 Å². The first-order chi connectivity index (χ1) is 23.9. The Balaban J connectivity index is 0.000000270. The number of carbonyl (C=O) groups excluding carboxylic acids is 4. The monoisotopic (exact) mass is 688 g/mol. The van der Waals surface area contributed by atoms with Crippen molar-refractivity contribution in [2.24, 2.45) is 5.73 Å². The molecule has 50 heavy (non-hydrogen) atoms. The molecule has 272 valence electrons. The van der Waals surface area contributed by atoms with E-state index in [2.05, 4.69) is 33.6 Å². The van der Waals surface area contributed by atoms with E-state index in [-0.39, 0.29) is 35.5 Å². The van der Waals surface area contributed by atoms with Gasteiger partial charge >= 0.3 is 0 Å². The van der Waals surface area contributed by atoms with E-state index < -0.39 is 12.1 Å². The fourth-order valence-corrected chi connectivity index (χ4v) is 6.00. The quantitative estimate of drug-likeness (QED) is 0.325. The first-order valence-electron chi connectivity index (χ1n) is 17.7. The number of nitrogens with zero attached hydrogens (tertiary/aromatic N) is 5. The number of nitrogens with two attached hydrogens (primary N) is 1. The summed E-state index contributed by atoms with van der Waals surface area (Å²) in [5.74, 6) is -0.534. The number of hydrogen-bond donors (Lipinski definition) is 3. The maximum absolute atomic E-state index is 13.1. The third kappa shape index (κ3) is 11.4. The molecule has 2 aliphatic rings. The first-order valence-corrected chi connectivity index (χ1v) is 17.7. The van der Waals surface area contributed by atoms with Crippen molar-refractivity contribution in [1.82, 2.24) is 30.2 Å². The minimum Gasteiger partial charge on any atom is -0.344 e. The second kappa shape index (κ2) is 19.8. The molecule has 0 saturated carbocycles. The Morgan fingerprint density at radius 1 is 0.680 bits per heavy atom. The van der Waals surface area contributed by atoms with Gasteiger partial charge in [0.15, 0.2) is 0 Å². The number of hydrogen-bond acceptors (Lipinski definition) is 8. The molecule has 2 aromatic rings. The van der Waals surface area contributed by atoms with Crippen molar-refractivity contribution in [1.29, 1.82) is 5.26 Å². The molecule has 4 amide bonds. The summed E-state index contributed by atoms with van der Waals surface area (Å²) in [7, 11) is 4.09. The summed E-state index contributed by atoms with van der Waals surface area (Å²) >= 11 is 0. The van der Waals surface area contributed by atoms with Gasteiger partial charge in [-0.2, -0.15) is 5.26 Å². The minimum atomic E-state index is -0.594. The van der Waals surface area contributed by atoms with E-state index in [1.165, 1.54) is 0 Å². The van der Waals surface area contributed by atoms with Gasteiger partial charge in [0.1, 0.15) is 12.1 Å². The number of nitrogens with one attached hydrogen (secondary N) is 2. The van der Waals surface area contributed by atoms with Gasteiger partial charge in [0.05, 0.1) is 11.6 Å². The van der Waals surface area contributed by atoms with E-state index in [4.69, 9.17) is 11.0 Å². The van der Waals surface area contributed by atoms with E-state index in [9.17, 15) is 19.2 Å². The molecule has 4 atom stereocenters. The Morgan fingerprint density at radius 2 is 1.04 bits per heavy atom. The number of rotatable bonds is 11. The smallest absolute Gasteiger partial charge is 0.245 e. The van der Waals surface area contributed by atoms with Crippen LogP contribution in [0.5, 0.6) is 0 Å². The molecule has 0 spiro atoms. The van der Waals surface area contributed by atoms with Crippen molar-refractivity contribution in [3.8, 4) is 6.07 Å². The van der Waals surface area contributed by atoms with Gasteiger partial charge in [0.2, 0.25) is 23.6 Å². The molecule has 0 unspecified atom stereocenters. The molecule has 0 aromatic heterocycles. The fourth-order valence-electron chi connectivity index (χ4n) is 6.00. The van der Waals surface area contributed by atoms with Crippen LogP contribution in [0.25, 0.3) is 0 Å². The topological polar surface area (TPSA) is 155 Å². The predicted octanol–water partition coefficient (Wildman–Crippen LogP) is 2.25. The third-order valence-electron chi connectivity index (χ3n) is 9.74. The van der Waals surface area contributed by atoms with Crippen molar-refractivity contribution < 1.29 is 19.2 Å². The zero-order valence-electron chi connectivity index (χ0n) is 30.7. The number of likely N-dealkylation sites (N-methyl/N-ethyl adjacent to an activating group) is 2. The molecule has 0 radical (unpaired) electrons. The maximum Gasteiger partial charge on any atom is 0.245 e. The highest BCUT2D eigenvalue weighted by molar-refractivity contribution is 5.89. The molecular weight excluding hydrogens is 632 g/mol. The predicted molar refractivity (Wildman–Crippen MR) is 195 cm³/mol. The highest BCUT2D eigenvalue weighted by Crippen LogP contribution is 2.23. The van der Waals surface area contributed by atoms with Gasteiger partial charge < -0.3 is 36.0 Å². The molecule has 0 aliphatic carbocycles. The van der Waals surface area contributed by atoms with Crippen LogP contribution in [0.2, 0.25) is 0 Å². The molecule has 0 bridgehead atoms. The van der Waals surface area contributed by atoms with Crippen LogP contribution in [0.3, 0.4) is 0 Å². The molecular formula is C38H56N8O4. The van der Waals surface area contributed by atoms with Crippen molar-refractivity contribution >= 4 is 23.6 Å². The number of piperazine rings is 2. The Labute approximate surface area is 297 Å². The molecule has 12 heteroatoms. The van der Waals surface area contributed by atoms with Gasteiger partial charge in [-0.3, -0.25) is 19.2 Å². The molecule has 2 saturated heterocycles. The standard InChI is InChI=1S/C19H30N4O2.C19H26N4O2/c2*1-4-17(24)21-18(19(25)23-11-9-22(3)10-12-23)14(2)16-7-5-15(13-20)6-8-16/h5-8,14,18H,4,9-13,20H2,1-3H3,(H,21,24);5-8,14,18H,4,9-12H2,1-3H3,(H,21,24)/t2*14-,18+/m00/s1. The summed E-state index contributed by atoms with van der Waals surface area (Å²) in [4.78, 5) is 58.2. The fraction of sp³-hybridized carbons (Fsp3) is 0.553. The van der Waals surface area contributed by atoms with Gasteiger partial charge in [-0.15, -0.1) is 0 Å². The van der Waals surface area contributed by atoms with Crippen LogP contribution in [0, 0.1) is 11.3 Å². The third-order valence-corrected chi connectivity index (χ3v) is 9.74. The minimum absolute atomic E-state index is 0.00491. The van der Waals surface area contributed by atoms with Crippen LogP contribution in [-0.4, -0.2) is 122 Å². The average molecular weight is 689 g/mol. The van der Waals surface area contributed by atoms with E-state index >= 15 is 0 Å². The lowest BCUT2D eigenvalue weighted by atomic mass is 9.91. The second-order valence-corrected chi connectivity index (χ2v) is 13.3. The zero-order valence-corrected chi connectivity index (χ0v) is 30.7. The molecule has 4 rings (SSSR count). The number of carbonyl (C=O) groups is 4. The van der Waals surface area contributed by atoms with E-state index in [0.29, 0.717) is 51.1 Å². The number of benzene rings is 2. The summed E-state index contributed by atoms with van der Waals surface area (Å²) in [6.07, 6.45) is 0.706. The summed E-state index contributed by atoms with van der Waals surface area (Å²) in [5.41, 5.74) is 9.25. The zero-order chi connectivity index (χ0) is 36.8. The molecule has 2 aliphatic heterocycles. The Morgan fingerprint density at radius 3 is 1.36 bits per heavy atom. The summed E-state index contributed by atoms with van der Waals surface area (Å²) < 4.78 is 0. The van der Waals surface area contributed by atoms with Crippen LogP contribution in [0.4, 0.5) is 0 Å². The molecule has 4 N–H and O–H groups in total. The Bertz CT molecular complexity index is 1440. The van der Waals surface area contributed by atoms with Crippen molar-refractivity contribution in [2.75, 3.05) is 66.5 Å². The van der Waals surface area contributed by atoms with Gasteiger partial charge in [-0.05, 0) is 42.9 Å². The lowest BCUT2D eigenvalue weighted by Gasteiger charge is -2.36. The van der Waals surface area contributed by atoms with Crippen LogP contribution in [0.1, 0.15) is 74.6 Å². The lowest BCUT2D eigenvalue weighted by Crippen LogP contribution is -2.55. The summed E-state index contributed by atoms with van der Waals surface area (Å²) in [6.45, 7) is 14.1. The van der Waals surface area contributed by atoms with Gasteiger partial charge in [-0.25, -0.2) is 0 Å². The second-order valence-electron chi connectivity index (χ2n) is 13.3. The van der Waals surface area contributed by atoms with Gasteiger partial charge in [0, 0.05) is 83.6 Å². The van der Waals surface area contributed by atoms with Gasteiger partial charge in [-0.1, -0.05) is 64.1 Å². The largest absolute Gasteiger partial charge is 0.344 e. The van der Waals surface area contributed by atoms with Crippen molar-refractivity contribution in [3.05, 3.63) is 70.8 Å². The van der Waals surface area contributed by atoms with Crippen LogP contribution in [0.15, 0.2) is 48.5 Å². The Kier molecular flexibility index (Phi) is 15.9. The maximum atomic E-state index is 13.1. The first kappa shape index (κ1) is 40.1. The normalized spacial score (nSPS) is 17.6. The van der Waals surface area contributed by atoms with Crippen LogP contribution >= 0.6 is 0 Å². The summed E-state index contributed by atoms with van der Waals surface area (Å²) in [5, 5.41) is 14.8. The molecule has 12 nitrogen and oxygen atoms in total. The molecule has 2 fully saturated rings. The number of nitriles is 1. The van der Waals surface area contributed by atoms with E-state index in [1.807, 2.05) is 67.1 Å². The van der Waals surface area contributed by atoms with Crippen molar-refractivity contribution in [3.63, 3.8) is 0 Å². The van der Waals surface area contributed by atoms with Crippen LogP contribution in [-0.2, 0) is 25.7 Å². The lowest BCUT2D eigenvalue weighted by molar-refractivity contribution is -0.138. The average Bonchev–Trinajstić information content (AvgIpc) is 3.15. The highest BCUT2D eigenvalue weighted by atomic mass is 16.2. The van der Waals surface area contributed by atoms with E-state index in [0.717, 1.165) is 42.9 Å². The van der Waals surface area contributed by atoms with Crippen LogP contribution < -0.4 is 16.4 Å². The highest BCUT2D eigenvalue weighted by Gasteiger charge is 2.34. The number of amides is 4. The Hall–Kier alpha value is -4.31.